The molecule has 0 aliphatic carbocycles. The van der Waals surface area contributed by atoms with Crippen molar-refractivity contribution in [2.24, 2.45) is 0 Å². The van der Waals surface area contributed by atoms with Crippen LogP contribution in [0.3, 0.4) is 0 Å². The van der Waals surface area contributed by atoms with Gasteiger partial charge < -0.3 is 4.42 Å². The summed E-state index contributed by atoms with van der Waals surface area (Å²) < 4.78 is 7.29. The number of hydrogen-bond acceptors (Lipinski definition) is 5. The fraction of sp³-hybridized carbons (Fsp3) is 0.0556. The first kappa shape index (κ1) is 17.8. The summed E-state index contributed by atoms with van der Waals surface area (Å²) >= 11 is 13.5. The molecular formula is C18H12Cl2N4O2S. The van der Waals surface area contributed by atoms with E-state index in [0.29, 0.717) is 38.7 Å². The lowest BCUT2D eigenvalue weighted by atomic mass is 10.2. The molecule has 0 spiro atoms. The van der Waals surface area contributed by atoms with Gasteiger partial charge in [-0.3, -0.25) is 14.8 Å². The molecule has 0 aliphatic rings. The molecule has 6 nitrogen and oxygen atoms in total. The first-order valence-electron chi connectivity index (χ1n) is 7.87. The van der Waals surface area contributed by atoms with Crippen molar-refractivity contribution >= 4 is 45.6 Å². The van der Waals surface area contributed by atoms with Gasteiger partial charge in [0, 0.05) is 28.4 Å². The highest BCUT2D eigenvalue weighted by Crippen LogP contribution is 2.32. The molecule has 0 unspecified atom stereocenters. The second-order valence-corrected chi connectivity index (χ2v) is 7.29. The summed E-state index contributed by atoms with van der Waals surface area (Å²) in [5.74, 6) is 0.462. The van der Waals surface area contributed by atoms with Crippen LogP contribution in [0.25, 0.3) is 11.3 Å². The molecule has 1 amide bonds. The van der Waals surface area contributed by atoms with Crippen LogP contribution >= 0.6 is 34.5 Å². The molecule has 4 rings (SSSR count). The fourth-order valence-electron chi connectivity index (χ4n) is 2.45. The van der Waals surface area contributed by atoms with E-state index in [0.717, 1.165) is 0 Å². The minimum Gasteiger partial charge on any atom is -0.454 e. The lowest BCUT2D eigenvalue weighted by molar-refractivity contribution is 0.0994. The molecule has 0 atom stereocenters. The Hall–Kier alpha value is -2.61. The first-order valence-corrected chi connectivity index (χ1v) is 9.50. The SMILES string of the molecule is O=C(Nc1nc(-c2cc(Cl)ccc2Cl)cs1)c1ccc(Cn2cccn2)o1. The maximum atomic E-state index is 12.4. The number of thiazole rings is 1. The monoisotopic (exact) mass is 418 g/mol. The normalized spacial score (nSPS) is 10.9. The number of hydrogen-bond donors (Lipinski definition) is 1. The third kappa shape index (κ3) is 4.05. The van der Waals surface area contributed by atoms with Crippen molar-refractivity contribution in [2.75, 3.05) is 5.32 Å². The van der Waals surface area contributed by atoms with Crippen molar-refractivity contribution in [2.45, 2.75) is 6.54 Å². The van der Waals surface area contributed by atoms with Crippen molar-refractivity contribution in [1.29, 1.82) is 0 Å². The van der Waals surface area contributed by atoms with Crippen molar-refractivity contribution < 1.29 is 9.21 Å². The van der Waals surface area contributed by atoms with Gasteiger partial charge in [0.2, 0.25) is 0 Å². The molecule has 0 fully saturated rings. The number of anilines is 1. The molecule has 0 saturated heterocycles. The number of carbonyl (C=O) groups is 1. The Kier molecular flexibility index (Phi) is 4.98. The standard InChI is InChI=1S/C18H12Cl2N4O2S/c19-11-2-4-14(20)13(8-11)15-10-27-18(22-15)23-17(25)16-5-3-12(26-16)9-24-7-1-6-21-24/h1-8,10H,9H2,(H,22,23,25). The van der Waals surface area contributed by atoms with Crippen LogP contribution in [0, 0.1) is 0 Å². The summed E-state index contributed by atoms with van der Waals surface area (Å²) in [7, 11) is 0. The van der Waals surface area contributed by atoms with Crippen LogP contribution in [0.4, 0.5) is 5.13 Å². The summed E-state index contributed by atoms with van der Waals surface area (Å²) in [6.45, 7) is 0.453. The van der Waals surface area contributed by atoms with Gasteiger partial charge in [0.1, 0.15) is 5.76 Å². The van der Waals surface area contributed by atoms with E-state index >= 15 is 0 Å². The van der Waals surface area contributed by atoms with E-state index in [-0.39, 0.29) is 11.7 Å². The summed E-state index contributed by atoms with van der Waals surface area (Å²) in [6.07, 6.45) is 3.50. The Balaban J connectivity index is 1.47. The van der Waals surface area contributed by atoms with Gasteiger partial charge >= 0.3 is 0 Å². The number of aromatic nitrogens is 3. The van der Waals surface area contributed by atoms with Gasteiger partial charge in [-0.05, 0) is 36.4 Å². The van der Waals surface area contributed by atoms with E-state index in [2.05, 4.69) is 15.4 Å². The predicted molar refractivity (Wildman–Crippen MR) is 106 cm³/mol. The number of amides is 1. The molecule has 0 aliphatic heterocycles. The molecule has 4 aromatic rings. The zero-order chi connectivity index (χ0) is 18.8. The number of furan rings is 1. The highest BCUT2D eigenvalue weighted by Gasteiger charge is 2.15. The second-order valence-electron chi connectivity index (χ2n) is 5.59. The molecule has 27 heavy (non-hydrogen) atoms. The zero-order valence-electron chi connectivity index (χ0n) is 13.7. The lowest BCUT2D eigenvalue weighted by Crippen LogP contribution is -2.10. The molecule has 3 heterocycles. The van der Waals surface area contributed by atoms with E-state index < -0.39 is 0 Å². The predicted octanol–water partition coefficient (Wildman–Crippen LogP) is 5.21. The van der Waals surface area contributed by atoms with Crippen LogP contribution in [-0.2, 0) is 6.54 Å². The van der Waals surface area contributed by atoms with E-state index in [9.17, 15) is 4.79 Å². The minimum atomic E-state index is -0.375. The van der Waals surface area contributed by atoms with Crippen LogP contribution in [0.15, 0.2) is 58.6 Å². The number of halogens is 2. The van der Waals surface area contributed by atoms with E-state index in [1.807, 2.05) is 12.3 Å². The van der Waals surface area contributed by atoms with Crippen LogP contribution in [-0.4, -0.2) is 20.7 Å². The van der Waals surface area contributed by atoms with Crippen molar-refractivity contribution in [3.8, 4) is 11.3 Å². The minimum absolute atomic E-state index is 0.203. The third-order valence-corrected chi connectivity index (χ3v) is 5.01. The molecular weight excluding hydrogens is 407 g/mol. The highest BCUT2D eigenvalue weighted by molar-refractivity contribution is 7.14. The molecule has 136 valence electrons. The largest absolute Gasteiger partial charge is 0.454 e. The first-order chi connectivity index (χ1) is 13.1. The second kappa shape index (κ2) is 7.56. The van der Waals surface area contributed by atoms with Crippen molar-refractivity contribution in [3.63, 3.8) is 0 Å². The maximum Gasteiger partial charge on any atom is 0.293 e. The Labute approximate surface area is 168 Å². The average Bonchev–Trinajstić information content (AvgIpc) is 3.39. The van der Waals surface area contributed by atoms with Crippen LogP contribution in [0.2, 0.25) is 10.0 Å². The molecule has 1 N–H and O–H groups in total. The number of benzene rings is 1. The Bertz CT molecular complexity index is 1090. The Morgan fingerprint density at radius 1 is 1.26 bits per heavy atom. The molecule has 0 radical (unpaired) electrons. The van der Waals surface area contributed by atoms with Crippen LogP contribution in [0.5, 0.6) is 0 Å². The molecule has 1 aromatic carbocycles. The summed E-state index contributed by atoms with van der Waals surface area (Å²) in [6, 6.07) is 10.3. The topological polar surface area (TPSA) is 73.0 Å². The molecule has 3 aromatic heterocycles. The van der Waals surface area contributed by atoms with E-state index in [1.54, 1.807) is 46.6 Å². The van der Waals surface area contributed by atoms with E-state index in [1.165, 1.54) is 11.3 Å². The quantitative estimate of drug-likeness (QED) is 0.482. The molecule has 9 heteroatoms. The summed E-state index contributed by atoms with van der Waals surface area (Å²) in [4.78, 5) is 16.8. The number of nitrogens with zero attached hydrogens (tertiary/aromatic N) is 3. The van der Waals surface area contributed by atoms with E-state index in [4.69, 9.17) is 27.6 Å². The molecule has 0 bridgehead atoms. The van der Waals surface area contributed by atoms with Gasteiger partial charge in [-0.15, -0.1) is 11.3 Å². The maximum absolute atomic E-state index is 12.4. The fourth-order valence-corrected chi connectivity index (χ4v) is 3.54. The smallest absolute Gasteiger partial charge is 0.293 e. The van der Waals surface area contributed by atoms with Crippen LogP contribution < -0.4 is 5.32 Å². The van der Waals surface area contributed by atoms with Gasteiger partial charge in [0.25, 0.3) is 5.91 Å². The van der Waals surface area contributed by atoms with Crippen molar-refractivity contribution in [1.82, 2.24) is 14.8 Å². The van der Waals surface area contributed by atoms with Crippen LogP contribution in [0.1, 0.15) is 16.3 Å². The lowest BCUT2D eigenvalue weighted by Gasteiger charge is -2.01. The zero-order valence-corrected chi connectivity index (χ0v) is 16.1. The summed E-state index contributed by atoms with van der Waals surface area (Å²) in [5.41, 5.74) is 1.35. The van der Waals surface area contributed by atoms with Gasteiger partial charge in [0.05, 0.1) is 17.3 Å². The average molecular weight is 419 g/mol. The number of nitrogens with one attached hydrogen (secondary N) is 1. The number of rotatable bonds is 5. The van der Waals surface area contributed by atoms with Crippen molar-refractivity contribution in [3.05, 3.63) is 75.7 Å². The van der Waals surface area contributed by atoms with Gasteiger partial charge in [0.15, 0.2) is 10.9 Å². The third-order valence-electron chi connectivity index (χ3n) is 3.69. The van der Waals surface area contributed by atoms with Gasteiger partial charge in [-0.2, -0.15) is 5.10 Å². The number of carbonyl (C=O) groups excluding carboxylic acids is 1. The van der Waals surface area contributed by atoms with Gasteiger partial charge in [-0.1, -0.05) is 23.2 Å². The Morgan fingerprint density at radius 3 is 2.96 bits per heavy atom. The van der Waals surface area contributed by atoms with Gasteiger partial charge in [-0.25, -0.2) is 4.98 Å². The molecule has 0 saturated carbocycles. The highest BCUT2D eigenvalue weighted by atomic mass is 35.5. The summed E-state index contributed by atoms with van der Waals surface area (Å²) in [5, 5.41) is 10.2. The Morgan fingerprint density at radius 2 is 2.15 bits per heavy atom.